The van der Waals surface area contributed by atoms with Crippen LogP contribution in [0.2, 0.25) is 0 Å². The lowest BCUT2D eigenvalue weighted by atomic mass is 9.75. The van der Waals surface area contributed by atoms with Crippen molar-refractivity contribution in [3.05, 3.63) is 132 Å². The van der Waals surface area contributed by atoms with Crippen molar-refractivity contribution in [1.29, 1.82) is 0 Å². The molecule has 1 fully saturated rings. The first-order valence-electron chi connectivity index (χ1n) is 13.5. The van der Waals surface area contributed by atoms with Gasteiger partial charge in [0, 0.05) is 16.9 Å². The number of nitrogens with zero attached hydrogens (tertiary/aromatic N) is 1. The number of carbonyl (C=O) groups is 1. The fourth-order valence-electron chi connectivity index (χ4n) is 5.26. The summed E-state index contributed by atoms with van der Waals surface area (Å²) < 4.78 is 0. The van der Waals surface area contributed by atoms with Crippen molar-refractivity contribution in [3.63, 3.8) is 0 Å². The number of piperazine rings is 1. The first-order valence-corrected chi connectivity index (χ1v) is 13.9. The largest absolute Gasteiger partial charge is 0.360 e. The molecular formula is C33H35N4OS+. The molecule has 4 aromatic rings. The van der Waals surface area contributed by atoms with Gasteiger partial charge in [-0.1, -0.05) is 91.0 Å². The second-order valence-electron chi connectivity index (χ2n) is 10.2. The predicted octanol–water partition coefficient (Wildman–Crippen LogP) is 4.41. The molecule has 0 atom stereocenters. The van der Waals surface area contributed by atoms with Crippen LogP contribution in [0.1, 0.15) is 23.6 Å². The van der Waals surface area contributed by atoms with Gasteiger partial charge in [-0.15, -0.1) is 0 Å². The number of amides is 1. The van der Waals surface area contributed by atoms with E-state index in [1.54, 1.807) is 4.90 Å². The van der Waals surface area contributed by atoms with Crippen molar-refractivity contribution in [1.82, 2.24) is 5.32 Å². The van der Waals surface area contributed by atoms with Gasteiger partial charge in [0.25, 0.3) is 0 Å². The van der Waals surface area contributed by atoms with Gasteiger partial charge < -0.3 is 20.4 Å². The second-order valence-corrected chi connectivity index (χ2v) is 10.6. The van der Waals surface area contributed by atoms with Gasteiger partial charge in [0.2, 0.25) is 5.91 Å². The van der Waals surface area contributed by atoms with Crippen LogP contribution in [-0.2, 0) is 16.8 Å². The average Bonchev–Trinajstić information content (AvgIpc) is 2.99. The lowest BCUT2D eigenvalue weighted by molar-refractivity contribution is -0.914. The Morgan fingerprint density at radius 3 is 1.85 bits per heavy atom. The van der Waals surface area contributed by atoms with Gasteiger partial charge in [-0.3, -0.25) is 4.79 Å². The summed E-state index contributed by atoms with van der Waals surface area (Å²) in [5.41, 5.74) is 4.38. The van der Waals surface area contributed by atoms with Crippen molar-refractivity contribution in [2.24, 2.45) is 0 Å². The summed E-state index contributed by atoms with van der Waals surface area (Å²) in [4.78, 5) is 17.7. The zero-order chi connectivity index (χ0) is 27.1. The van der Waals surface area contributed by atoms with E-state index in [9.17, 15) is 4.79 Å². The lowest BCUT2D eigenvalue weighted by Crippen LogP contribution is -3.13. The van der Waals surface area contributed by atoms with Crippen molar-refractivity contribution in [2.45, 2.75) is 18.9 Å². The van der Waals surface area contributed by atoms with Crippen LogP contribution in [0, 0.1) is 0 Å². The number of nitrogens with one attached hydrogen (secondary N) is 3. The molecule has 3 N–H and O–H groups in total. The number of thiocarbonyl (C=S) groups is 1. The Kier molecular flexibility index (Phi) is 8.35. The number of hydrogen-bond donors (Lipinski definition) is 3. The average molecular weight is 536 g/mol. The van der Waals surface area contributed by atoms with E-state index < -0.39 is 5.41 Å². The first-order chi connectivity index (χ1) is 19.0. The highest BCUT2D eigenvalue weighted by Crippen LogP contribution is 2.32. The molecule has 5 rings (SSSR count). The Bertz CT molecular complexity index is 1330. The van der Waals surface area contributed by atoms with E-state index in [-0.39, 0.29) is 11.0 Å². The maximum Gasteiger partial charge on any atom is 0.240 e. The van der Waals surface area contributed by atoms with E-state index in [1.807, 2.05) is 79.7 Å². The van der Waals surface area contributed by atoms with E-state index in [1.165, 1.54) is 11.3 Å². The highest BCUT2D eigenvalue weighted by molar-refractivity contribution is 7.80. The van der Waals surface area contributed by atoms with Gasteiger partial charge in [0.15, 0.2) is 5.11 Å². The highest BCUT2D eigenvalue weighted by Gasteiger charge is 2.37. The van der Waals surface area contributed by atoms with Gasteiger partial charge in [-0.05, 0) is 54.5 Å². The summed E-state index contributed by atoms with van der Waals surface area (Å²) >= 11 is 5.55. The van der Waals surface area contributed by atoms with Gasteiger partial charge >= 0.3 is 0 Å². The molecule has 0 spiro atoms. The number of hydrogen-bond acceptors (Lipinski definition) is 3. The van der Waals surface area contributed by atoms with Crippen LogP contribution in [0.3, 0.4) is 0 Å². The third kappa shape index (κ3) is 6.36. The number of rotatable bonds is 7. The van der Waals surface area contributed by atoms with E-state index in [2.05, 4.69) is 58.0 Å². The van der Waals surface area contributed by atoms with Crippen LogP contribution in [0.4, 0.5) is 11.4 Å². The maximum absolute atomic E-state index is 13.6. The third-order valence-corrected chi connectivity index (χ3v) is 7.85. The predicted molar refractivity (Wildman–Crippen MR) is 163 cm³/mol. The molecule has 5 nitrogen and oxygen atoms in total. The fraction of sp³-hybridized carbons (Fsp3) is 0.212. The number of anilines is 2. The Balaban J connectivity index is 1.18. The molecule has 198 valence electrons. The van der Waals surface area contributed by atoms with Crippen molar-refractivity contribution >= 4 is 34.6 Å². The van der Waals surface area contributed by atoms with Crippen LogP contribution < -0.4 is 20.4 Å². The van der Waals surface area contributed by atoms with E-state index in [0.717, 1.165) is 49.5 Å². The van der Waals surface area contributed by atoms with E-state index in [4.69, 9.17) is 12.2 Å². The summed E-state index contributed by atoms with van der Waals surface area (Å²) in [6, 6.07) is 38.6. The molecule has 0 aromatic heterocycles. The Labute approximate surface area is 236 Å². The standard InChI is InChI=1S/C33H34N4OS/c1-33(27-13-7-3-8-14-27,28-15-9-4-10-16-28)31(38)35-32(39)34-29-17-19-30(20-18-29)37-23-21-36(22-24-37)25-26-11-5-2-6-12-26/h2-20H,21-25H2,1H3,(H2,34,35,38,39)/p+1. The molecule has 0 unspecified atom stereocenters. The highest BCUT2D eigenvalue weighted by atomic mass is 32.1. The molecule has 39 heavy (non-hydrogen) atoms. The first kappa shape index (κ1) is 26.6. The van der Waals surface area contributed by atoms with Gasteiger partial charge in [-0.2, -0.15) is 0 Å². The SMILES string of the molecule is CC(C(=O)NC(=S)Nc1ccc(N2CC[NH+](Cc3ccccc3)CC2)cc1)(c1ccccc1)c1ccccc1. The molecular weight excluding hydrogens is 500 g/mol. The molecule has 0 aliphatic carbocycles. The quantitative estimate of drug-likeness (QED) is 0.307. The van der Waals surface area contributed by atoms with Crippen LogP contribution in [0.5, 0.6) is 0 Å². The van der Waals surface area contributed by atoms with Gasteiger partial charge in [0.05, 0.1) is 31.6 Å². The molecule has 1 amide bonds. The zero-order valence-corrected chi connectivity index (χ0v) is 23.1. The smallest absolute Gasteiger partial charge is 0.240 e. The molecule has 1 heterocycles. The summed E-state index contributed by atoms with van der Waals surface area (Å²) in [5, 5.41) is 6.41. The maximum atomic E-state index is 13.6. The monoisotopic (exact) mass is 535 g/mol. The normalized spacial score (nSPS) is 14.0. The molecule has 0 bridgehead atoms. The molecule has 1 aliphatic rings. The van der Waals surface area contributed by atoms with Crippen molar-refractivity contribution < 1.29 is 9.69 Å². The van der Waals surface area contributed by atoms with Crippen LogP contribution in [0.25, 0.3) is 0 Å². The lowest BCUT2D eigenvalue weighted by Gasteiger charge is -2.33. The topological polar surface area (TPSA) is 48.8 Å². The molecule has 4 aromatic carbocycles. The number of quaternary nitrogens is 1. The van der Waals surface area contributed by atoms with E-state index >= 15 is 0 Å². The molecule has 0 radical (unpaired) electrons. The Morgan fingerprint density at radius 1 is 0.795 bits per heavy atom. The summed E-state index contributed by atoms with van der Waals surface area (Å²) in [6.07, 6.45) is 0. The number of carbonyl (C=O) groups excluding carboxylic acids is 1. The summed E-state index contributed by atoms with van der Waals surface area (Å²) in [7, 11) is 0. The van der Waals surface area contributed by atoms with Gasteiger partial charge in [-0.25, -0.2) is 0 Å². The molecule has 0 saturated carbocycles. The fourth-order valence-corrected chi connectivity index (χ4v) is 5.47. The minimum atomic E-state index is -0.886. The second kappa shape index (κ2) is 12.2. The minimum absolute atomic E-state index is 0.176. The van der Waals surface area contributed by atoms with Crippen molar-refractivity contribution in [2.75, 3.05) is 36.4 Å². The zero-order valence-electron chi connectivity index (χ0n) is 22.3. The Hall–Kier alpha value is -4.00. The summed E-state index contributed by atoms with van der Waals surface area (Å²) in [6.45, 7) is 7.31. The molecule has 1 aliphatic heterocycles. The van der Waals surface area contributed by atoms with Gasteiger partial charge in [0.1, 0.15) is 6.54 Å². The molecule has 1 saturated heterocycles. The number of benzene rings is 4. The van der Waals surface area contributed by atoms with Crippen molar-refractivity contribution in [3.8, 4) is 0 Å². The summed E-state index contributed by atoms with van der Waals surface area (Å²) in [5.74, 6) is -0.176. The van der Waals surface area contributed by atoms with Crippen LogP contribution in [-0.4, -0.2) is 37.2 Å². The van der Waals surface area contributed by atoms with E-state index in [0.29, 0.717) is 0 Å². The van der Waals surface area contributed by atoms with Crippen LogP contribution >= 0.6 is 12.2 Å². The third-order valence-electron chi connectivity index (χ3n) is 7.64. The molecule has 6 heteroatoms. The Morgan fingerprint density at radius 2 is 1.31 bits per heavy atom. The van der Waals surface area contributed by atoms with Crippen LogP contribution in [0.15, 0.2) is 115 Å². The minimum Gasteiger partial charge on any atom is -0.360 e.